The Hall–Kier alpha value is -3.37. The number of hydrogen-bond donors (Lipinski definition) is 2. The molecule has 2 amide bonds. The monoisotopic (exact) mass is 436 g/mol. The summed E-state index contributed by atoms with van der Waals surface area (Å²) in [4.78, 5) is 36.6. The molecule has 0 unspecified atom stereocenters. The summed E-state index contributed by atoms with van der Waals surface area (Å²) in [5, 5.41) is 16.8. The molecule has 160 valence electrons. The summed E-state index contributed by atoms with van der Waals surface area (Å²) >= 11 is 5.94. The van der Waals surface area contributed by atoms with Crippen molar-refractivity contribution in [3.63, 3.8) is 0 Å². The number of rotatable bonds is 9. The minimum absolute atomic E-state index is 0.0346. The van der Waals surface area contributed by atoms with E-state index in [0.717, 1.165) is 0 Å². The number of nitrogens with one attached hydrogen (secondary N) is 2. The molecule has 2 rings (SSSR count). The Labute approximate surface area is 177 Å². The number of carbonyl (C=O) groups excluding carboxylic acids is 2. The molecule has 0 atom stereocenters. The van der Waals surface area contributed by atoms with Crippen molar-refractivity contribution in [1.82, 2.24) is 4.90 Å². The van der Waals surface area contributed by atoms with Crippen LogP contribution in [0.4, 0.5) is 17.1 Å². The minimum atomic E-state index is -0.617. The Morgan fingerprint density at radius 1 is 1.03 bits per heavy atom. The fraction of sp³-hybridized carbons (Fsp3) is 0.263. The van der Waals surface area contributed by atoms with Gasteiger partial charge in [-0.25, -0.2) is 0 Å². The molecule has 0 bridgehead atoms. The molecule has 11 heteroatoms. The van der Waals surface area contributed by atoms with Crippen LogP contribution in [0.1, 0.15) is 0 Å². The highest BCUT2D eigenvalue weighted by Gasteiger charge is 2.19. The summed E-state index contributed by atoms with van der Waals surface area (Å²) in [6, 6.07) is 8.89. The number of methoxy groups -OCH3 is 2. The summed E-state index contributed by atoms with van der Waals surface area (Å²) in [7, 11) is 4.42. The Bertz CT molecular complexity index is 953. The molecular formula is C19H21ClN4O6. The predicted molar refractivity (Wildman–Crippen MR) is 112 cm³/mol. The van der Waals surface area contributed by atoms with Crippen molar-refractivity contribution in [2.75, 3.05) is 45.0 Å². The maximum absolute atomic E-state index is 12.3. The van der Waals surface area contributed by atoms with Gasteiger partial charge < -0.3 is 20.1 Å². The quantitative estimate of drug-likeness (QED) is 0.457. The van der Waals surface area contributed by atoms with E-state index >= 15 is 0 Å². The van der Waals surface area contributed by atoms with Gasteiger partial charge in [0, 0.05) is 5.02 Å². The number of ether oxygens (including phenoxy) is 2. The van der Waals surface area contributed by atoms with Crippen LogP contribution in [0.15, 0.2) is 36.4 Å². The molecular weight excluding hydrogens is 416 g/mol. The Morgan fingerprint density at radius 3 is 2.23 bits per heavy atom. The third kappa shape index (κ3) is 6.33. The molecule has 0 fully saturated rings. The highest BCUT2D eigenvalue weighted by Crippen LogP contribution is 2.29. The molecule has 0 radical (unpaired) electrons. The largest absolute Gasteiger partial charge is 0.496 e. The van der Waals surface area contributed by atoms with E-state index in [1.165, 1.54) is 37.3 Å². The lowest BCUT2D eigenvalue weighted by Gasteiger charge is -2.17. The van der Waals surface area contributed by atoms with Crippen molar-refractivity contribution in [3.8, 4) is 11.5 Å². The molecule has 0 aliphatic carbocycles. The minimum Gasteiger partial charge on any atom is -0.496 e. The SMILES string of the molecule is COc1ccc(NC(=O)CN(C)CC(=O)Nc2cc(Cl)ccc2OC)c([N+](=O)[O-])c1. The second-order valence-electron chi connectivity index (χ2n) is 6.25. The maximum Gasteiger partial charge on any atom is 0.296 e. The van der Waals surface area contributed by atoms with Crippen molar-refractivity contribution in [2.45, 2.75) is 0 Å². The molecule has 0 aliphatic rings. The normalized spacial score (nSPS) is 10.4. The van der Waals surface area contributed by atoms with Gasteiger partial charge in [0.1, 0.15) is 17.2 Å². The fourth-order valence-corrected chi connectivity index (χ4v) is 2.77. The third-order valence-corrected chi connectivity index (χ3v) is 4.17. The Morgan fingerprint density at radius 2 is 1.67 bits per heavy atom. The number of carbonyl (C=O) groups is 2. The molecule has 2 aromatic rings. The van der Waals surface area contributed by atoms with E-state index in [1.54, 1.807) is 25.2 Å². The van der Waals surface area contributed by atoms with Crippen LogP contribution in [0.3, 0.4) is 0 Å². The fourth-order valence-electron chi connectivity index (χ4n) is 2.60. The maximum atomic E-state index is 12.3. The number of halogens is 1. The zero-order valence-electron chi connectivity index (χ0n) is 16.6. The molecule has 10 nitrogen and oxygen atoms in total. The number of hydrogen-bond acceptors (Lipinski definition) is 7. The average Bonchev–Trinajstić information content (AvgIpc) is 2.67. The van der Waals surface area contributed by atoms with Gasteiger partial charge in [0.2, 0.25) is 11.8 Å². The zero-order chi connectivity index (χ0) is 22.3. The number of likely N-dealkylation sites (N-methyl/N-ethyl adjacent to an activating group) is 1. The number of benzene rings is 2. The van der Waals surface area contributed by atoms with Gasteiger partial charge in [0.15, 0.2) is 0 Å². The lowest BCUT2D eigenvalue weighted by molar-refractivity contribution is -0.384. The number of anilines is 2. The first-order valence-corrected chi connectivity index (χ1v) is 9.05. The van der Waals surface area contributed by atoms with Crippen molar-refractivity contribution in [3.05, 3.63) is 51.5 Å². The highest BCUT2D eigenvalue weighted by atomic mass is 35.5. The second-order valence-corrected chi connectivity index (χ2v) is 6.69. The van der Waals surface area contributed by atoms with Crippen LogP contribution >= 0.6 is 11.6 Å². The van der Waals surface area contributed by atoms with Gasteiger partial charge in [0.25, 0.3) is 5.69 Å². The van der Waals surface area contributed by atoms with Gasteiger partial charge in [-0.05, 0) is 37.4 Å². The van der Waals surface area contributed by atoms with E-state index in [1.807, 2.05) is 0 Å². The third-order valence-electron chi connectivity index (χ3n) is 3.94. The lowest BCUT2D eigenvalue weighted by Crippen LogP contribution is -2.36. The van der Waals surface area contributed by atoms with Gasteiger partial charge in [0.05, 0.1) is 44.0 Å². The summed E-state index contributed by atoms with van der Waals surface area (Å²) in [5.41, 5.74) is 0.144. The predicted octanol–water partition coefficient (Wildman–Crippen LogP) is 2.77. The summed E-state index contributed by atoms with van der Waals surface area (Å²) in [6.45, 7) is -0.267. The summed E-state index contributed by atoms with van der Waals surface area (Å²) < 4.78 is 10.1. The van der Waals surface area contributed by atoms with Crippen LogP contribution in [0.25, 0.3) is 0 Å². The van der Waals surface area contributed by atoms with Crippen LogP contribution in [0.2, 0.25) is 5.02 Å². The Kier molecular flexibility index (Phi) is 7.96. The first-order chi connectivity index (χ1) is 14.2. The van der Waals surface area contributed by atoms with Gasteiger partial charge in [-0.2, -0.15) is 0 Å². The Balaban J connectivity index is 1.96. The zero-order valence-corrected chi connectivity index (χ0v) is 17.4. The number of nitrogens with zero attached hydrogens (tertiary/aromatic N) is 2. The molecule has 0 saturated carbocycles. The number of nitro groups is 1. The van der Waals surface area contributed by atoms with Crippen molar-refractivity contribution < 1.29 is 24.0 Å². The molecule has 2 aromatic carbocycles. The standard InChI is InChI=1S/C19H21ClN4O6/c1-23(11-19(26)22-15-8-12(20)4-7-17(15)30-3)10-18(25)21-14-6-5-13(29-2)9-16(14)24(27)28/h4-9H,10-11H2,1-3H3,(H,21,25)(H,22,26). The van der Waals surface area contributed by atoms with E-state index in [4.69, 9.17) is 21.1 Å². The van der Waals surface area contributed by atoms with E-state index in [9.17, 15) is 19.7 Å². The van der Waals surface area contributed by atoms with Crippen molar-refractivity contribution >= 4 is 40.5 Å². The van der Waals surface area contributed by atoms with Gasteiger partial charge in [-0.3, -0.25) is 24.6 Å². The smallest absolute Gasteiger partial charge is 0.296 e. The number of nitro benzene ring substituents is 1. The topological polar surface area (TPSA) is 123 Å². The van der Waals surface area contributed by atoms with Crippen molar-refractivity contribution in [1.29, 1.82) is 0 Å². The molecule has 0 aromatic heterocycles. The summed E-state index contributed by atoms with van der Waals surface area (Å²) in [5.74, 6) is -0.162. The molecule has 0 aliphatic heterocycles. The molecule has 0 heterocycles. The summed E-state index contributed by atoms with van der Waals surface area (Å²) in [6.07, 6.45) is 0. The average molecular weight is 437 g/mol. The van der Waals surface area contributed by atoms with E-state index < -0.39 is 10.8 Å². The number of amides is 2. The molecule has 2 N–H and O–H groups in total. The highest BCUT2D eigenvalue weighted by molar-refractivity contribution is 6.31. The van der Waals surface area contributed by atoms with Crippen LogP contribution in [-0.2, 0) is 9.59 Å². The van der Waals surface area contributed by atoms with E-state index in [2.05, 4.69) is 10.6 Å². The van der Waals surface area contributed by atoms with Gasteiger partial charge in [-0.1, -0.05) is 11.6 Å². The lowest BCUT2D eigenvalue weighted by atomic mass is 10.2. The van der Waals surface area contributed by atoms with Crippen LogP contribution in [-0.4, -0.2) is 56.0 Å². The van der Waals surface area contributed by atoms with Gasteiger partial charge in [-0.15, -0.1) is 0 Å². The van der Waals surface area contributed by atoms with Crippen LogP contribution in [0.5, 0.6) is 11.5 Å². The first kappa shape index (κ1) is 22.9. The van der Waals surface area contributed by atoms with Crippen LogP contribution < -0.4 is 20.1 Å². The van der Waals surface area contributed by atoms with Crippen LogP contribution in [0, 0.1) is 10.1 Å². The molecule has 0 saturated heterocycles. The van der Waals surface area contributed by atoms with E-state index in [-0.39, 0.29) is 30.4 Å². The van der Waals surface area contributed by atoms with Crippen molar-refractivity contribution in [2.24, 2.45) is 0 Å². The second kappa shape index (κ2) is 10.4. The van der Waals surface area contributed by atoms with Gasteiger partial charge >= 0.3 is 0 Å². The first-order valence-electron chi connectivity index (χ1n) is 8.67. The molecule has 0 spiro atoms. The van der Waals surface area contributed by atoms with E-state index in [0.29, 0.717) is 22.2 Å². The molecule has 30 heavy (non-hydrogen) atoms.